The van der Waals surface area contributed by atoms with Crippen LogP contribution in [0.5, 0.6) is 5.75 Å². The van der Waals surface area contributed by atoms with Crippen molar-refractivity contribution in [2.75, 3.05) is 13.2 Å². The van der Waals surface area contributed by atoms with E-state index in [0.717, 1.165) is 11.3 Å². The van der Waals surface area contributed by atoms with E-state index in [2.05, 4.69) is 5.32 Å². The van der Waals surface area contributed by atoms with Crippen LogP contribution < -0.4 is 10.1 Å². The number of carbonyl (C=O) groups is 1. The molecule has 2 rings (SSSR count). The average molecular weight is 300 g/mol. The maximum atomic E-state index is 11.8. The van der Waals surface area contributed by atoms with Gasteiger partial charge in [-0.05, 0) is 31.2 Å². The summed E-state index contributed by atoms with van der Waals surface area (Å²) in [7, 11) is 0. The lowest BCUT2D eigenvalue weighted by Crippen LogP contribution is -2.28. The normalized spacial score (nSPS) is 10.0. The molecule has 0 radical (unpaired) electrons. The van der Waals surface area contributed by atoms with E-state index in [1.54, 1.807) is 0 Å². The summed E-state index contributed by atoms with van der Waals surface area (Å²) in [5.41, 5.74) is 1.49. The van der Waals surface area contributed by atoms with E-state index in [-0.39, 0.29) is 11.6 Å². The van der Waals surface area contributed by atoms with Crippen LogP contribution >= 0.6 is 0 Å². The third-order valence-electron chi connectivity index (χ3n) is 3.02. The lowest BCUT2D eigenvalue weighted by atomic mass is 10.2. The van der Waals surface area contributed by atoms with Crippen molar-refractivity contribution in [2.45, 2.75) is 6.92 Å². The number of amides is 1. The van der Waals surface area contributed by atoms with Gasteiger partial charge in [0.1, 0.15) is 12.4 Å². The number of nitro groups is 1. The molecule has 1 amide bonds. The molecule has 0 unspecified atom stereocenters. The molecule has 0 aliphatic heterocycles. The summed E-state index contributed by atoms with van der Waals surface area (Å²) in [5.74, 6) is 0.456. The van der Waals surface area contributed by atoms with Gasteiger partial charge in [0.15, 0.2) is 0 Å². The molecule has 6 heteroatoms. The zero-order valence-corrected chi connectivity index (χ0v) is 12.1. The predicted octanol–water partition coefficient (Wildman–Crippen LogP) is 2.71. The molecule has 0 fully saturated rings. The number of aryl methyl sites for hydroxylation is 1. The number of nitro benzene ring substituents is 1. The second-order valence-electron chi connectivity index (χ2n) is 4.72. The van der Waals surface area contributed by atoms with Gasteiger partial charge in [-0.25, -0.2) is 0 Å². The Bertz CT molecular complexity index is 651. The van der Waals surface area contributed by atoms with Gasteiger partial charge in [0.05, 0.1) is 11.5 Å². The van der Waals surface area contributed by atoms with E-state index in [1.807, 2.05) is 31.2 Å². The number of nitrogens with zero attached hydrogens (tertiary/aromatic N) is 1. The number of benzene rings is 2. The molecule has 0 aliphatic carbocycles. The highest BCUT2D eigenvalue weighted by Gasteiger charge is 2.08. The van der Waals surface area contributed by atoms with Gasteiger partial charge in [0.2, 0.25) is 0 Å². The van der Waals surface area contributed by atoms with E-state index in [0.29, 0.717) is 18.7 Å². The molecule has 0 atom stereocenters. The summed E-state index contributed by atoms with van der Waals surface area (Å²) in [6, 6.07) is 13.1. The number of nitrogens with one attached hydrogen (secondary N) is 1. The third kappa shape index (κ3) is 4.31. The van der Waals surface area contributed by atoms with Crippen LogP contribution in [0.1, 0.15) is 15.9 Å². The number of ether oxygens (including phenoxy) is 1. The fourth-order valence-corrected chi connectivity index (χ4v) is 1.80. The van der Waals surface area contributed by atoms with Gasteiger partial charge < -0.3 is 10.1 Å². The molecule has 0 aromatic heterocycles. The van der Waals surface area contributed by atoms with Gasteiger partial charge in [-0.2, -0.15) is 0 Å². The summed E-state index contributed by atoms with van der Waals surface area (Å²) in [4.78, 5) is 21.9. The average Bonchev–Trinajstić information content (AvgIpc) is 2.53. The first kappa shape index (κ1) is 15.5. The monoisotopic (exact) mass is 300 g/mol. The second-order valence-corrected chi connectivity index (χ2v) is 4.72. The van der Waals surface area contributed by atoms with Gasteiger partial charge in [-0.3, -0.25) is 14.9 Å². The summed E-state index contributed by atoms with van der Waals surface area (Å²) >= 11 is 0. The van der Waals surface area contributed by atoms with Crippen LogP contribution in [0.25, 0.3) is 0 Å². The number of rotatable bonds is 6. The molecule has 0 spiro atoms. The zero-order valence-electron chi connectivity index (χ0n) is 12.1. The minimum Gasteiger partial charge on any atom is -0.492 e. The van der Waals surface area contributed by atoms with Crippen LogP contribution in [-0.2, 0) is 0 Å². The van der Waals surface area contributed by atoms with Crippen molar-refractivity contribution in [3.05, 3.63) is 69.8 Å². The SMILES string of the molecule is Cc1ccc(OCCNC(=O)c2ccc([N+](=O)[O-])cc2)cc1. The summed E-state index contributed by atoms with van der Waals surface area (Å²) in [6.45, 7) is 2.69. The van der Waals surface area contributed by atoms with Crippen LogP contribution in [0, 0.1) is 17.0 Å². The summed E-state index contributed by atoms with van der Waals surface area (Å²) in [6.07, 6.45) is 0. The summed E-state index contributed by atoms with van der Waals surface area (Å²) < 4.78 is 5.49. The molecule has 1 N–H and O–H groups in total. The first-order valence-corrected chi connectivity index (χ1v) is 6.78. The Hall–Kier alpha value is -2.89. The van der Waals surface area contributed by atoms with E-state index in [4.69, 9.17) is 4.74 Å². The van der Waals surface area contributed by atoms with Crippen molar-refractivity contribution in [3.63, 3.8) is 0 Å². The van der Waals surface area contributed by atoms with Crippen LogP contribution in [0.15, 0.2) is 48.5 Å². The van der Waals surface area contributed by atoms with Crippen molar-refractivity contribution in [2.24, 2.45) is 0 Å². The lowest BCUT2D eigenvalue weighted by Gasteiger charge is -2.08. The van der Waals surface area contributed by atoms with Gasteiger partial charge in [-0.1, -0.05) is 17.7 Å². The molecule has 2 aromatic carbocycles. The molecule has 6 nitrogen and oxygen atoms in total. The fourth-order valence-electron chi connectivity index (χ4n) is 1.80. The quantitative estimate of drug-likeness (QED) is 0.505. The number of hydrogen-bond donors (Lipinski definition) is 1. The van der Waals surface area contributed by atoms with Crippen LogP contribution in [0.2, 0.25) is 0 Å². The second kappa shape index (κ2) is 7.21. The third-order valence-corrected chi connectivity index (χ3v) is 3.02. The molecule has 0 aliphatic rings. The highest BCUT2D eigenvalue weighted by Crippen LogP contribution is 2.12. The zero-order chi connectivity index (χ0) is 15.9. The fraction of sp³-hybridized carbons (Fsp3) is 0.188. The van der Waals surface area contributed by atoms with Crippen molar-refractivity contribution >= 4 is 11.6 Å². The highest BCUT2D eigenvalue weighted by atomic mass is 16.6. The molecule has 2 aromatic rings. The van der Waals surface area contributed by atoms with Crippen LogP contribution in [0.4, 0.5) is 5.69 Å². The molecule has 0 bridgehead atoms. The van der Waals surface area contributed by atoms with Crippen molar-refractivity contribution in [3.8, 4) is 5.75 Å². The Balaban J connectivity index is 1.77. The predicted molar refractivity (Wildman–Crippen MR) is 82.1 cm³/mol. The standard InChI is InChI=1S/C16H16N2O4/c1-12-2-8-15(9-3-12)22-11-10-17-16(19)13-4-6-14(7-5-13)18(20)21/h2-9H,10-11H2,1H3,(H,17,19). The first-order chi connectivity index (χ1) is 10.6. The van der Waals surface area contributed by atoms with Crippen molar-refractivity contribution < 1.29 is 14.5 Å². The molecular weight excluding hydrogens is 284 g/mol. The van der Waals surface area contributed by atoms with Crippen LogP contribution in [-0.4, -0.2) is 24.0 Å². The smallest absolute Gasteiger partial charge is 0.269 e. The number of carbonyl (C=O) groups excluding carboxylic acids is 1. The number of non-ortho nitro benzene ring substituents is 1. The molecule has 114 valence electrons. The van der Waals surface area contributed by atoms with Gasteiger partial charge in [0, 0.05) is 17.7 Å². The van der Waals surface area contributed by atoms with Crippen LogP contribution in [0.3, 0.4) is 0 Å². The molecule has 0 heterocycles. The highest BCUT2D eigenvalue weighted by molar-refractivity contribution is 5.94. The molecular formula is C16H16N2O4. The summed E-state index contributed by atoms with van der Waals surface area (Å²) in [5, 5.41) is 13.2. The van der Waals surface area contributed by atoms with E-state index in [9.17, 15) is 14.9 Å². The van der Waals surface area contributed by atoms with Crippen molar-refractivity contribution in [1.29, 1.82) is 0 Å². The van der Waals surface area contributed by atoms with Gasteiger partial charge >= 0.3 is 0 Å². The Labute approximate surface area is 127 Å². The Morgan fingerprint density at radius 2 is 1.77 bits per heavy atom. The topological polar surface area (TPSA) is 81.5 Å². The molecule has 22 heavy (non-hydrogen) atoms. The Kier molecular flexibility index (Phi) is 5.08. The Morgan fingerprint density at radius 1 is 1.14 bits per heavy atom. The minimum atomic E-state index is -0.503. The maximum absolute atomic E-state index is 11.8. The van der Waals surface area contributed by atoms with Crippen molar-refractivity contribution in [1.82, 2.24) is 5.32 Å². The molecule has 0 saturated heterocycles. The number of hydrogen-bond acceptors (Lipinski definition) is 4. The van der Waals surface area contributed by atoms with Gasteiger partial charge in [-0.15, -0.1) is 0 Å². The van der Waals surface area contributed by atoms with E-state index >= 15 is 0 Å². The largest absolute Gasteiger partial charge is 0.492 e. The van der Waals surface area contributed by atoms with E-state index < -0.39 is 4.92 Å². The van der Waals surface area contributed by atoms with E-state index in [1.165, 1.54) is 24.3 Å². The molecule has 0 saturated carbocycles. The maximum Gasteiger partial charge on any atom is 0.269 e. The minimum absolute atomic E-state index is 0.0424. The Morgan fingerprint density at radius 3 is 2.36 bits per heavy atom. The first-order valence-electron chi connectivity index (χ1n) is 6.78. The van der Waals surface area contributed by atoms with Gasteiger partial charge in [0.25, 0.3) is 11.6 Å². The lowest BCUT2D eigenvalue weighted by molar-refractivity contribution is -0.384.